The molecule has 2 heteroatoms. The van der Waals surface area contributed by atoms with Gasteiger partial charge in [-0.15, -0.1) is 0 Å². The van der Waals surface area contributed by atoms with E-state index < -0.39 is 0 Å². The zero-order valence-corrected chi connectivity index (χ0v) is 17.2. The number of allylic oxidation sites excluding steroid dienone is 2. The summed E-state index contributed by atoms with van der Waals surface area (Å²) in [6.45, 7) is 9.43. The van der Waals surface area contributed by atoms with Gasteiger partial charge in [0.1, 0.15) is 0 Å². The Bertz CT molecular complexity index is 574. The van der Waals surface area contributed by atoms with Gasteiger partial charge < -0.3 is 0 Å². The minimum absolute atomic E-state index is 0.550. The number of hydrogen-bond acceptors (Lipinski definition) is 2. The first-order valence-electron chi connectivity index (χ1n) is 10.2. The lowest BCUT2D eigenvalue weighted by Crippen LogP contribution is -2.59. The van der Waals surface area contributed by atoms with Gasteiger partial charge >= 0.3 is 0 Å². The van der Waals surface area contributed by atoms with Crippen molar-refractivity contribution in [1.82, 2.24) is 4.72 Å². The van der Waals surface area contributed by atoms with Gasteiger partial charge in [-0.1, -0.05) is 63.5 Å². The Balaban J connectivity index is 1.60. The molecule has 1 nitrogen and oxygen atoms in total. The van der Waals surface area contributed by atoms with Crippen molar-refractivity contribution in [2.24, 2.45) is 23.2 Å². The third-order valence-corrected chi connectivity index (χ3v) is 7.70. The molecule has 1 aromatic rings. The molecule has 2 bridgehead atoms. The lowest BCUT2D eigenvalue weighted by molar-refractivity contribution is -0.115. The molecule has 3 aliphatic carbocycles. The van der Waals surface area contributed by atoms with Crippen molar-refractivity contribution < 1.29 is 0 Å². The van der Waals surface area contributed by atoms with E-state index in [0.29, 0.717) is 11.5 Å². The van der Waals surface area contributed by atoms with Gasteiger partial charge in [0.15, 0.2) is 0 Å². The number of aryl methyl sites for hydroxylation is 1. The molecule has 1 N–H and O–H groups in total. The third kappa shape index (κ3) is 4.34. The SMILES string of the molecule is CCCC/C=C\CC1C(NSc2ccc(C)cc2)C[C@H]2CC1C2(C)C. The van der Waals surface area contributed by atoms with Gasteiger partial charge in [-0.25, -0.2) is 0 Å². The van der Waals surface area contributed by atoms with Crippen molar-refractivity contribution in [3.63, 3.8) is 0 Å². The van der Waals surface area contributed by atoms with E-state index >= 15 is 0 Å². The molecule has 3 saturated carbocycles. The maximum atomic E-state index is 3.84. The lowest BCUT2D eigenvalue weighted by Gasteiger charge is -2.62. The summed E-state index contributed by atoms with van der Waals surface area (Å²) in [4.78, 5) is 1.33. The predicted octanol–water partition coefficient (Wildman–Crippen LogP) is 6.78. The molecule has 0 heterocycles. The van der Waals surface area contributed by atoms with E-state index in [2.05, 4.69) is 68.8 Å². The quantitative estimate of drug-likeness (QED) is 0.313. The molecular formula is C23H35NS. The van der Waals surface area contributed by atoms with Crippen molar-refractivity contribution in [2.75, 3.05) is 0 Å². The number of unbranched alkanes of at least 4 members (excludes halogenated alkanes) is 2. The molecule has 0 amide bonds. The van der Waals surface area contributed by atoms with Crippen LogP contribution in [0.1, 0.15) is 64.9 Å². The van der Waals surface area contributed by atoms with Gasteiger partial charge in [0.2, 0.25) is 0 Å². The summed E-state index contributed by atoms with van der Waals surface area (Å²) in [5.41, 5.74) is 1.88. The Kier molecular flexibility index (Phi) is 6.33. The van der Waals surface area contributed by atoms with Crippen molar-refractivity contribution in [1.29, 1.82) is 0 Å². The summed E-state index contributed by atoms with van der Waals surface area (Å²) in [5.74, 6) is 2.59. The second-order valence-corrected chi connectivity index (χ2v) is 9.66. The minimum atomic E-state index is 0.550. The van der Waals surface area contributed by atoms with Crippen LogP contribution < -0.4 is 4.72 Å². The number of nitrogens with one attached hydrogen (secondary N) is 1. The van der Waals surface area contributed by atoms with Crippen LogP contribution in [-0.4, -0.2) is 6.04 Å². The molecule has 138 valence electrons. The smallest absolute Gasteiger partial charge is 0.0228 e. The Morgan fingerprint density at radius 1 is 1.16 bits per heavy atom. The van der Waals surface area contributed by atoms with E-state index in [1.54, 1.807) is 0 Å². The van der Waals surface area contributed by atoms with E-state index in [0.717, 1.165) is 17.8 Å². The van der Waals surface area contributed by atoms with Crippen LogP contribution in [-0.2, 0) is 0 Å². The predicted molar refractivity (Wildman–Crippen MR) is 111 cm³/mol. The summed E-state index contributed by atoms with van der Waals surface area (Å²) in [5, 5.41) is 0. The zero-order chi connectivity index (χ0) is 17.9. The average Bonchev–Trinajstić information content (AvgIpc) is 2.61. The molecule has 0 aromatic heterocycles. The van der Waals surface area contributed by atoms with Crippen molar-refractivity contribution in [3.8, 4) is 0 Å². The van der Waals surface area contributed by atoms with Crippen molar-refractivity contribution in [3.05, 3.63) is 42.0 Å². The van der Waals surface area contributed by atoms with E-state index in [1.807, 2.05) is 11.9 Å². The largest absolute Gasteiger partial charge is 0.256 e. The van der Waals surface area contributed by atoms with Gasteiger partial charge in [0.05, 0.1) is 0 Å². The molecule has 25 heavy (non-hydrogen) atoms. The molecule has 0 aliphatic heterocycles. The van der Waals surface area contributed by atoms with Gasteiger partial charge in [0.25, 0.3) is 0 Å². The van der Waals surface area contributed by atoms with Crippen LogP contribution in [0, 0.1) is 30.1 Å². The fourth-order valence-corrected chi connectivity index (χ4v) is 5.68. The Hall–Kier alpha value is -0.730. The Labute approximate surface area is 159 Å². The van der Waals surface area contributed by atoms with Crippen LogP contribution in [0.25, 0.3) is 0 Å². The highest BCUT2D eigenvalue weighted by Crippen LogP contribution is 2.62. The first-order chi connectivity index (χ1) is 12.0. The van der Waals surface area contributed by atoms with Crippen LogP contribution in [0.15, 0.2) is 41.3 Å². The normalized spacial score (nSPS) is 30.4. The van der Waals surface area contributed by atoms with Gasteiger partial charge in [-0.05, 0) is 79.9 Å². The fourth-order valence-electron chi connectivity index (χ4n) is 4.85. The van der Waals surface area contributed by atoms with E-state index in [9.17, 15) is 0 Å². The van der Waals surface area contributed by atoms with Crippen LogP contribution in [0.3, 0.4) is 0 Å². The third-order valence-electron chi connectivity index (χ3n) is 6.77. The molecule has 0 spiro atoms. The summed E-state index contributed by atoms with van der Waals surface area (Å²) in [6, 6.07) is 9.54. The van der Waals surface area contributed by atoms with E-state index in [-0.39, 0.29) is 0 Å². The van der Waals surface area contributed by atoms with Crippen LogP contribution >= 0.6 is 11.9 Å². The van der Waals surface area contributed by atoms with Crippen molar-refractivity contribution in [2.45, 2.75) is 77.2 Å². The molecule has 4 rings (SSSR count). The fraction of sp³-hybridized carbons (Fsp3) is 0.652. The van der Waals surface area contributed by atoms with Crippen LogP contribution in [0.5, 0.6) is 0 Å². The van der Waals surface area contributed by atoms with E-state index in [4.69, 9.17) is 0 Å². The molecule has 4 atom stereocenters. The monoisotopic (exact) mass is 357 g/mol. The Morgan fingerprint density at radius 2 is 1.92 bits per heavy atom. The number of rotatable bonds is 8. The first-order valence-corrected chi connectivity index (χ1v) is 11.0. The zero-order valence-electron chi connectivity index (χ0n) is 16.4. The summed E-state index contributed by atoms with van der Waals surface area (Å²) in [7, 11) is 0. The summed E-state index contributed by atoms with van der Waals surface area (Å²) in [6.07, 6.45) is 12.8. The number of hydrogen-bond donors (Lipinski definition) is 1. The maximum Gasteiger partial charge on any atom is 0.0228 e. The molecule has 3 fully saturated rings. The maximum absolute atomic E-state index is 3.84. The minimum Gasteiger partial charge on any atom is -0.256 e. The Morgan fingerprint density at radius 3 is 2.60 bits per heavy atom. The van der Waals surface area contributed by atoms with Crippen molar-refractivity contribution >= 4 is 11.9 Å². The summed E-state index contributed by atoms with van der Waals surface area (Å²) >= 11 is 1.84. The number of fused-ring (bicyclic) bond motifs is 2. The van der Waals surface area contributed by atoms with E-state index in [1.165, 1.54) is 49.0 Å². The van der Waals surface area contributed by atoms with Gasteiger partial charge in [-0.2, -0.15) is 0 Å². The highest BCUT2D eigenvalue weighted by molar-refractivity contribution is 7.97. The topological polar surface area (TPSA) is 12.0 Å². The molecule has 3 unspecified atom stereocenters. The van der Waals surface area contributed by atoms with Gasteiger partial charge in [0, 0.05) is 10.9 Å². The van der Waals surface area contributed by atoms with Crippen LogP contribution in [0.2, 0.25) is 0 Å². The molecular weight excluding hydrogens is 322 g/mol. The number of benzene rings is 1. The average molecular weight is 358 g/mol. The standard InChI is InChI=1S/C23H35NS/c1-5-6-7-8-9-10-20-21-15-18(23(21,3)4)16-22(20)24-25-19-13-11-17(2)12-14-19/h8-9,11-14,18,20-22,24H,5-7,10,15-16H2,1-4H3/b9-8-/t18-,20?,21?,22?/m1/s1. The highest BCUT2D eigenvalue weighted by Gasteiger charge is 2.57. The highest BCUT2D eigenvalue weighted by atomic mass is 32.2. The molecule has 1 aromatic carbocycles. The first kappa shape index (κ1) is 19.0. The molecule has 3 aliphatic rings. The molecule has 0 saturated heterocycles. The second-order valence-electron chi connectivity index (χ2n) is 8.75. The second kappa shape index (κ2) is 8.31. The summed E-state index contributed by atoms with van der Waals surface area (Å²) < 4.78 is 3.84. The van der Waals surface area contributed by atoms with Crippen LogP contribution in [0.4, 0.5) is 0 Å². The lowest BCUT2D eigenvalue weighted by atomic mass is 9.44. The molecule has 0 radical (unpaired) electrons. The van der Waals surface area contributed by atoms with Gasteiger partial charge in [-0.3, -0.25) is 4.72 Å².